The molecule has 0 saturated carbocycles. The van der Waals surface area contributed by atoms with Crippen molar-refractivity contribution in [1.82, 2.24) is 24.6 Å². The van der Waals surface area contributed by atoms with Gasteiger partial charge in [-0.1, -0.05) is 48.5 Å². The molecule has 8 nitrogen and oxygen atoms in total. The third kappa shape index (κ3) is 5.07. The van der Waals surface area contributed by atoms with Gasteiger partial charge < -0.3 is 10.6 Å². The summed E-state index contributed by atoms with van der Waals surface area (Å²) in [5.74, 6) is 0.930. The van der Waals surface area contributed by atoms with E-state index in [4.69, 9.17) is 0 Å². The van der Waals surface area contributed by atoms with Crippen molar-refractivity contribution in [2.24, 2.45) is 0 Å². The van der Waals surface area contributed by atoms with Crippen molar-refractivity contribution in [3.8, 4) is 0 Å². The molecule has 2 aromatic heterocycles. The number of rotatable bonds is 7. The van der Waals surface area contributed by atoms with Crippen LogP contribution in [-0.4, -0.2) is 43.6 Å². The maximum Gasteiger partial charge on any atom is 0.275 e. The molecule has 0 spiro atoms. The molecular weight excluding hydrogens is 414 g/mol. The van der Waals surface area contributed by atoms with Crippen LogP contribution >= 0.6 is 0 Å². The maximum absolute atomic E-state index is 12.9. The van der Waals surface area contributed by atoms with E-state index in [0.29, 0.717) is 11.6 Å². The maximum atomic E-state index is 12.9. The molecule has 0 bridgehead atoms. The number of hydrogen-bond donors (Lipinski definition) is 2. The second kappa shape index (κ2) is 9.62. The van der Waals surface area contributed by atoms with Crippen LogP contribution in [0.1, 0.15) is 28.5 Å². The number of amides is 1. The van der Waals surface area contributed by atoms with E-state index in [1.165, 1.54) is 11.9 Å². The molecule has 3 heterocycles. The van der Waals surface area contributed by atoms with Gasteiger partial charge >= 0.3 is 0 Å². The molecule has 1 amide bonds. The Kier molecular flexibility index (Phi) is 6.08. The van der Waals surface area contributed by atoms with Gasteiger partial charge in [-0.3, -0.25) is 9.69 Å². The first-order valence-electron chi connectivity index (χ1n) is 11.0. The average molecular weight is 440 g/mol. The van der Waals surface area contributed by atoms with Gasteiger partial charge in [-0.05, 0) is 24.1 Å². The summed E-state index contributed by atoms with van der Waals surface area (Å²) in [5, 5.41) is 10.6. The normalized spacial score (nSPS) is 15.9. The summed E-state index contributed by atoms with van der Waals surface area (Å²) in [5.41, 5.74) is 2.48. The van der Waals surface area contributed by atoms with Gasteiger partial charge in [0.05, 0.1) is 12.2 Å². The molecule has 2 N–H and O–H groups in total. The highest BCUT2D eigenvalue weighted by molar-refractivity contribution is 6.02. The molecule has 5 rings (SSSR count). The largest absolute Gasteiger partial charge is 0.340 e. The summed E-state index contributed by atoms with van der Waals surface area (Å²) in [6.45, 7) is 2.80. The minimum Gasteiger partial charge on any atom is -0.340 e. The predicted octanol–water partition coefficient (Wildman–Crippen LogP) is 4.12. The third-order valence-electron chi connectivity index (χ3n) is 5.70. The Hall–Kier alpha value is -4.04. The first kappa shape index (κ1) is 20.8. The Bertz CT molecular complexity index is 1210. The third-order valence-corrected chi connectivity index (χ3v) is 5.70. The van der Waals surface area contributed by atoms with Gasteiger partial charge in [0, 0.05) is 37.5 Å². The predicted molar refractivity (Wildman–Crippen MR) is 127 cm³/mol. The van der Waals surface area contributed by atoms with Crippen molar-refractivity contribution in [2.75, 3.05) is 23.7 Å². The number of carbonyl (C=O) groups excluding carboxylic acids is 1. The van der Waals surface area contributed by atoms with E-state index >= 15 is 0 Å². The second-order valence-electron chi connectivity index (χ2n) is 8.06. The molecule has 4 aromatic rings. The van der Waals surface area contributed by atoms with Crippen LogP contribution in [-0.2, 0) is 6.54 Å². The highest BCUT2D eigenvalue weighted by Crippen LogP contribution is 2.26. The zero-order valence-electron chi connectivity index (χ0n) is 18.1. The van der Waals surface area contributed by atoms with Crippen molar-refractivity contribution in [3.63, 3.8) is 0 Å². The van der Waals surface area contributed by atoms with Crippen molar-refractivity contribution in [2.45, 2.75) is 19.0 Å². The molecule has 33 heavy (non-hydrogen) atoms. The van der Waals surface area contributed by atoms with Gasteiger partial charge in [-0.25, -0.2) is 14.6 Å². The van der Waals surface area contributed by atoms with Crippen LogP contribution < -0.4 is 10.6 Å². The lowest BCUT2D eigenvalue weighted by atomic mass is 10.2. The lowest BCUT2D eigenvalue weighted by Gasteiger charge is -2.18. The molecule has 8 heteroatoms. The van der Waals surface area contributed by atoms with E-state index in [-0.39, 0.29) is 17.6 Å². The van der Waals surface area contributed by atoms with E-state index < -0.39 is 0 Å². The lowest BCUT2D eigenvalue weighted by Crippen LogP contribution is -2.23. The van der Waals surface area contributed by atoms with E-state index in [1.54, 1.807) is 12.3 Å². The van der Waals surface area contributed by atoms with Gasteiger partial charge in [0.1, 0.15) is 23.7 Å². The monoisotopic (exact) mass is 439 g/mol. The molecule has 1 aliphatic heterocycles. The van der Waals surface area contributed by atoms with Crippen LogP contribution in [0.4, 0.5) is 17.3 Å². The van der Waals surface area contributed by atoms with Crippen LogP contribution in [0.2, 0.25) is 0 Å². The molecule has 1 unspecified atom stereocenters. The van der Waals surface area contributed by atoms with Crippen molar-refractivity contribution >= 4 is 23.2 Å². The smallest absolute Gasteiger partial charge is 0.275 e. The Labute approximate surface area is 192 Å². The molecule has 1 fully saturated rings. The fourth-order valence-corrected chi connectivity index (χ4v) is 4.10. The van der Waals surface area contributed by atoms with Crippen LogP contribution in [0.25, 0.3) is 0 Å². The van der Waals surface area contributed by atoms with Crippen molar-refractivity contribution in [3.05, 3.63) is 96.6 Å². The molecule has 0 aliphatic carbocycles. The van der Waals surface area contributed by atoms with Crippen molar-refractivity contribution < 1.29 is 4.79 Å². The molecule has 1 saturated heterocycles. The van der Waals surface area contributed by atoms with Gasteiger partial charge in [0.15, 0.2) is 0 Å². The number of aromatic nitrogens is 4. The Morgan fingerprint density at radius 3 is 2.61 bits per heavy atom. The molecular formula is C25H25N7O. The van der Waals surface area contributed by atoms with Gasteiger partial charge in [-0.15, -0.1) is 0 Å². The first-order valence-corrected chi connectivity index (χ1v) is 11.0. The standard InChI is InChI=1S/C25H25N7O/c33-25(22-15-23(27-18-26-22)29-20-9-5-2-6-10-20)30-24-11-13-28-32(24)21-12-14-31(17-21)16-19-7-3-1-4-8-19/h1-11,13,15,18,21H,12,14,16-17H2,(H,30,33)(H,26,27,29). The number of nitrogens with zero attached hydrogens (tertiary/aromatic N) is 5. The first-order chi connectivity index (χ1) is 16.2. The molecule has 2 aromatic carbocycles. The van der Waals surface area contributed by atoms with Gasteiger partial charge in [0.2, 0.25) is 0 Å². The quantitative estimate of drug-likeness (QED) is 0.450. The lowest BCUT2D eigenvalue weighted by molar-refractivity contribution is 0.102. The topological polar surface area (TPSA) is 88.0 Å². The van der Waals surface area contributed by atoms with E-state index in [0.717, 1.165) is 31.7 Å². The fourth-order valence-electron chi connectivity index (χ4n) is 4.10. The fraction of sp³-hybridized carbons (Fsp3) is 0.200. The molecule has 1 aliphatic rings. The summed E-state index contributed by atoms with van der Waals surface area (Å²) in [7, 11) is 0. The Morgan fingerprint density at radius 1 is 1.00 bits per heavy atom. The SMILES string of the molecule is O=C(Nc1ccnn1C1CCN(Cc2ccccc2)C1)c1cc(Nc2ccccc2)ncn1. The second-order valence-corrected chi connectivity index (χ2v) is 8.06. The zero-order valence-corrected chi connectivity index (χ0v) is 18.1. The molecule has 1 atom stereocenters. The number of carbonyl (C=O) groups is 1. The summed E-state index contributed by atoms with van der Waals surface area (Å²) >= 11 is 0. The number of nitrogens with one attached hydrogen (secondary N) is 2. The number of benzene rings is 2. The zero-order chi connectivity index (χ0) is 22.5. The van der Waals surface area contributed by atoms with Gasteiger partial charge in [-0.2, -0.15) is 5.10 Å². The summed E-state index contributed by atoms with van der Waals surface area (Å²) in [6, 6.07) is 23.8. The summed E-state index contributed by atoms with van der Waals surface area (Å²) in [4.78, 5) is 23.7. The van der Waals surface area contributed by atoms with E-state index in [1.807, 2.05) is 47.1 Å². The minimum atomic E-state index is -0.297. The Morgan fingerprint density at radius 2 is 1.79 bits per heavy atom. The number of hydrogen-bond acceptors (Lipinski definition) is 6. The van der Waals surface area contributed by atoms with Crippen LogP contribution in [0.5, 0.6) is 0 Å². The minimum absolute atomic E-state index is 0.208. The Balaban J connectivity index is 1.24. The van der Waals surface area contributed by atoms with E-state index in [9.17, 15) is 4.79 Å². The van der Waals surface area contributed by atoms with Crippen LogP contribution in [0, 0.1) is 0 Å². The average Bonchev–Trinajstić information content (AvgIpc) is 3.50. The highest BCUT2D eigenvalue weighted by Gasteiger charge is 2.26. The molecule has 166 valence electrons. The van der Waals surface area contributed by atoms with Gasteiger partial charge in [0.25, 0.3) is 5.91 Å². The van der Waals surface area contributed by atoms with E-state index in [2.05, 4.69) is 54.9 Å². The number of para-hydroxylation sites is 1. The number of anilines is 3. The van der Waals surface area contributed by atoms with Crippen LogP contribution in [0.3, 0.4) is 0 Å². The summed E-state index contributed by atoms with van der Waals surface area (Å²) < 4.78 is 1.91. The van der Waals surface area contributed by atoms with Crippen molar-refractivity contribution in [1.29, 1.82) is 0 Å². The molecule has 0 radical (unpaired) electrons. The highest BCUT2D eigenvalue weighted by atomic mass is 16.2. The summed E-state index contributed by atoms with van der Waals surface area (Å²) in [6.07, 6.45) is 4.09. The number of likely N-dealkylation sites (tertiary alicyclic amines) is 1. The van der Waals surface area contributed by atoms with Crippen LogP contribution in [0.15, 0.2) is 85.3 Å².